The summed E-state index contributed by atoms with van der Waals surface area (Å²) in [6.45, 7) is 6.55. The van der Waals surface area contributed by atoms with E-state index in [4.69, 9.17) is 9.47 Å². The van der Waals surface area contributed by atoms with E-state index in [1.807, 2.05) is 75.4 Å². The van der Waals surface area contributed by atoms with Crippen molar-refractivity contribution in [1.82, 2.24) is 9.80 Å². The Bertz CT molecular complexity index is 1130. The predicted molar refractivity (Wildman–Crippen MR) is 140 cm³/mol. The normalized spacial score (nSPS) is 34.6. The van der Waals surface area contributed by atoms with Gasteiger partial charge in [0.05, 0.1) is 30.8 Å². The Morgan fingerprint density at radius 3 is 2.53 bits per heavy atom. The van der Waals surface area contributed by atoms with Crippen molar-refractivity contribution in [2.24, 2.45) is 17.8 Å². The molecule has 0 aliphatic carbocycles. The number of esters is 1. The summed E-state index contributed by atoms with van der Waals surface area (Å²) in [5, 5.41) is 10.4. The number of aliphatic hydroxyl groups excluding tert-OH is 1. The minimum Gasteiger partial charge on any atom is -0.465 e. The van der Waals surface area contributed by atoms with Crippen LogP contribution < -0.4 is 0 Å². The summed E-state index contributed by atoms with van der Waals surface area (Å²) in [6, 6.07) is 8.13. The van der Waals surface area contributed by atoms with Gasteiger partial charge in [0, 0.05) is 13.1 Å². The van der Waals surface area contributed by atoms with Crippen molar-refractivity contribution in [3.8, 4) is 0 Å². The first-order chi connectivity index (χ1) is 18.2. The second kappa shape index (κ2) is 10.3. The molecule has 8 heteroatoms. The molecule has 5 rings (SSSR count). The highest BCUT2D eigenvalue weighted by atomic mass is 16.6. The number of aliphatic hydroxyl groups is 1. The molecular weight excluding hydrogens is 484 g/mol. The fourth-order valence-corrected chi connectivity index (χ4v) is 6.78. The topological polar surface area (TPSA) is 96.4 Å². The molecule has 1 unspecified atom stereocenters. The lowest BCUT2D eigenvalue weighted by Crippen LogP contribution is -2.58. The van der Waals surface area contributed by atoms with Gasteiger partial charge in [-0.25, -0.2) is 0 Å². The first-order valence-electron chi connectivity index (χ1n) is 13.7. The van der Waals surface area contributed by atoms with E-state index in [0.29, 0.717) is 25.9 Å². The number of rotatable bonds is 6. The maximum Gasteiger partial charge on any atom is 0.313 e. The average Bonchev–Trinajstić information content (AvgIpc) is 3.24. The van der Waals surface area contributed by atoms with Crippen LogP contribution in [-0.4, -0.2) is 75.7 Å². The monoisotopic (exact) mass is 522 g/mol. The van der Waals surface area contributed by atoms with Crippen molar-refractivity contribution in [3.05, 3.63) is 60.2 Å². The number of hydrogen-bond donors (Lipinski definition) is 1. The Morgan fingerprint density at radius 2 is 1.82 bits per heavy atom. The Balaban J connectivity index is 1.63. The third-order valence-electron chi connectivity index (χ3n) is 8.34. The van der Waals surface area contributed by atoms with Gasteiger partial charge in [-0.3, -0.25) is 14.4 Å². The molecule has 1 aromatic carbocycles. The zero-order chi connectivity index (χ0) is 27.1. The maximum atomic E-state index is 14.4. The van der Waals surface area contributed by atoms with Crippen molar-refractivity contribution in [2.45, 2.75) is 69.9 Å². The quantitative estimate of drug-likeness (QED) is 0.456. The van der Waals surface area contributed by atoms with Crippen molar-refractivity contribution < 1.29 is 29.0 Å². The fraction of sp³-hybridized carbons (Fsp3) is 0.567. The molecule has 8 nitrogen and oxygen atoms in total. The average molecular weight is 523 g/mol. The molecular formula is C30H38N2O6. The Labute approximate surface area is 224 Å². The first-order valence-corrected chi connectivity index (χ1v) is 13.7. The molecule has 6 atom stereocenters. The summed E-state index contributed by atoms with van der Waals surface area (Å²) in [4.78, 5) is 45.5. The molecule has 1 N–H and O–H groups in total. The number of ether oxygens (including phenoxy) is 2. The second-order valence-electron chi connectivity index (χ2n) is 11.5. The van der Waals surface area contributed by atoms with E-state index in [-0.39, 0.29) is 30.9 Å². The van der Waals surface area contributed by atoms with Crippen molar-refractivity contribution in [1.29, 1.82) is 0 Å². The number of carbonyl (C=O) groups is 3. The molecule has 1 spiro atoms. The highest BCUT2D eigenvalue weighted by Gasteiger charge is 2.75. The lowest BCUT2D eigenvalue weighted by atomic mass is 9.74. The number of fused-ring (bicyclic) bond motifs is 2. The van der Waals surface area contributed by atoms with Gasteiger partial charge in [-0.2, -0.15) is 0 Å². The summed E-state index contributed by atoms with van der Waals surface area (Å²) < 4.78 is 12.4. The minimum absolute atomic E-state index is 0.178. The first kappa shape index (κ1) is 26.6. The van der Waals surface area contributed by atoms with E-state index < -0.39 is 41.1 Å². The molecule has 1 aromatic rings. The Kier molecular flexibility index (Phi) is 7.22. The van der Waals surface area contributed by atoms with Gasteiger partial charge in [0.2, 0.25) is 11.8 Å². The molecule has 4 aliphatic heterocycles. The van der Waals surface area contributed by atoms with E-state index in [1.54, 1.807) is 4.90 Å². The summed E-state index contributed by atoms with van der Waals surface area (Å²) in [5.74, 6) is -2.74. The summed E-state index contributed by atoms with van der Waals surface area (Å²) in [5.41, 5.74) is -1.49. The van der Waals surface area contributed by atoms with Crippen LogP contribution in [0.4, 0.5) is 0 Å². The smallest absolute Gasteiger partial charge is 0.313 e. The molecule has 2 fully saturated rings. The van der Waals surface area contributed by atoms with Gasteiger partial charge in [0.25, 0.3) is 0 Å². The zero-order valence-electron chi connectivity index (χ0n) is 22.4. The van der Waals surface area contributed by atoms with Crippen molar-refractivity contribution in [2.75, 3.05) is 19.8 Å². The third kappa shape index (κ3) is 4.37. The number of hydrogen-bond acceptors (Lipinski definition) is 6. The molecule has 2 amide bonds. The van der Waals surface area contributed by atoms with Crippen molar-refractivity contribution >= 4 is 17.8 Å². The van der Waals surface area contributed by atoms with Gasteiger partial charge in [-0.1, -0.05) is 68.5 Å². The number of allylic oxidation sites excluding steroid dienone is 1. The van der Waals surface area contributed by atoms with Gasteiger partial charge in [-0.05, 0) is 37.7 Å². The summed E-state index contributed by atoms with van der Waals surface area (Å²) >= 11 is 0. The number of amides is 2. The van der Waals surface area contributed by atoms with Crippen molar-refractivity contribution in [3.63, 3.8) is 0 Å². The summed E-state index contributed by atoms with van der Waals surface area (Å²) in [6.07, 6.45) is 9.49. The number of benzene rings is 1. The standard InChI is InChI=1S/C30H38N2O6/c1-20(2)17-22(19-33)32-25-27(35)31(18-21-11-6-4-7-12-21)15-10-14-30(25)23(26(32)34)24-28(36)37-16-9-5-8-13-29(24,3)38-30/h4,6-8,10-14,20,22-25,33H,5,9,15-19H2,1-3H3/b13-8-/t22-,23+,24-,25?,29+,30+/m1/s1. The molecule has 0 saturated carbocycles. The van der Waals surface area contributed by atoms with E-state index in [0.717, 1.165) is 12.0 Å². The number of likely N-dealkylation sites (tertiary alicyclic amines) is 1. The SMILES string of the molecule is CC(C)C[C@H](CO)N1C(=O)[C@@H]2[C@@H]3C(=O)OCCC/C=C\[C@]3(C)O[C@@]23C=CCN(Cc2ccccc2)C(=O)C13. The highest BCUT2D eigenvalue weighted by Crippen LogP contribution is 2.57. The van der Waals surface area contributed by atoms with Gasteiger partial charge >= 0.3 is 5.97 Å². The number of cyclic esters (lactones) is 1. The number of carbonyl (C=O) groups excluding carboxylic acids is 3. The van der Waals surface area contributed by atoms with Crippen LogP contribution in [0.15, 0.2) is 54.6 Å². The molecule has 0 bridgehead atoms. The Hall–Kier alpha value is -2.97. The largest absolute Gasteiger partial charge is 0.465 e. The predicted octanol–water partition coefficient (Wildman–Crippen LogP) is 2.86. The molecule has 0 aromatic heterocycles. The Morgan fingerprint density at radius 1 is 1.05 bits per heavy atom. The molecule has 204 valence electrons. The molecule has 4 heterocycles. The second-order valence-corrected chi connectivity index (χ2v) is 11.5. The van der Waals surface area contributed by atoms with Crippen LogP contribution in [0, 0.1) is 17.8 Å². The molecule has 4 aliphatic rings. The lowest BCUT2D eigenvalue weighted by Gasteiger charge is -2.40. The maximum absolute atomic E-state index is 14.4. The third-order valence-corrected chi connectivity index (χ3v) is 8.34. The van der Waals surface area contributed by atoms with Crippen LogP contribution in [0.3, 0.4) is 0 Å². The minimum atomic E-state index is -1.36. The van der Waals surface area contributed by atoms with E-state index in [2.05, 4.69) is 0 Å². The van der Waals surface area contributed by atoms with Crippen LogP contribution in [-0.2, 0) is 30.4 Å². The van der Waals surface area contributed by atoms with Crippen LogP contribution in [0.5, 0.6) is 0 Å². The fourth-order valence-electron chi connectivity index (χ4n) is 6.78. The van der Waals surface area contributed by atoms with Crippen LogP contribution in [0.2, 0.25) is 0 Å². The summed E-state index contributed by atoms with van der Waals surface area (Å²) in [7, 11) is 0. The van der Waals surface area contributed by atoms with Gasteiger partial charge in [-0.15, -0.1) is 0 Å². The van der Waals surface area contributed by atoms with Crippen LogP contribution in [0.1, 0.15) is 45.6 Å². The molecule has 38 heavy (non-hydrogen) atoms. The van der Waals surface area contributed by atoms with E-state index in [1.165, 1.54) is 4.90 Å². The zero-order valence-corrected chi connectivity index (χ0v) is 22.4. The highest BCUT2D eigenvalue weighted by molar-refractivity contribution is 5.99. The van der Waals surface area contributed by atoms with Gasteiger partial charge in [0.15, 0.2) is 0 Å². The van der Waals surface area contributed by atoms with Gasteiger partial charge < -0.3 is 24.4 Å². The van der Waals surface area contributed by atoms with E-state index >= 15 is 0 Å². The van der Waals surface area contributed by atoms with Gasteiger partial charge in [0.1, 0.15) is 17.6 Å². The van der Waals surface area contributed by atoms with E-state index in [9.17, 15) is 19.5 Å². The molecule has 2 saturated heterocycles. The number of nitrogens with zero attached hydrogens (tertiary/aromatic N) is 2. The lowest BCUT2D eigenvalue weighted by molar-refractivity contribution is -0.161. The van der Waals surface area contributed by atoms with Crippen LogP contribution in [0.25, 0.3) is 0 Å². The molecule has 0 radical (unpaired) electrons. The van der Waals surface area contributed by atoms with Crippen LogP contribution >= 0.6 is 0 Å².